The second-order valence-corrected chi connectivity index (χ2v) is 9.24. The molecule has 0 saturated carbocycles. The summed E-state index contributed by atoms with van der Waals surface area (Å²) in [5, 5.41) is 17.7. The molecule has 0 radical (unpaired) electrons. The number of aliphatic hydroxyl groups excluding tert-OH is 1. The monoisotopic (exact) mass is 444 g/mol. The summed E-state index contributed by atoms with van der Waals surface area (Å²) in [7, 11) is 0. The number of carbonyl (C=O) groups is 1. The number of piperazine rings is 1. The van der Waals surface area contributed by atoms with Crippen molar-refractivity contribution in [2.24, 2.45) is 0 Å². The van der Waals surface area contributed by atoms with Crippen LogP contribution in [0.5, 0.6) is 0 Å². The molecular weight excluding hydrogens is 408 g/mol. The van der Waals surface area contributed by atoms with Crippen molar-refractivity contribution in [3.05, 3.63) is 46.2 Å². The number of aryl methyl sites for hydroxylation is 1. The summed E-state index contributed by atoms with van der Waals surface area (Å²) in [6.45, 7) is 14.9. The van der Waals surface area contributed by atoms with E-state index in [1.807, 2.05) is 18.7 Å². The molecule has 2 atom stereocenters. The molecule has 3 rings (SSSR count). The van der Waals surface area contributed by atoms with Gasteiger partial charge >= 0.3 is 6.09 Å². The normalized spacial score (nSPS) is 18.2. The van der Waals surface area contributed by atoms with Crippen LogP contribution in [0.25, 0.3) is 0 Å². The molecule has 0 aliphatic carbocycles. The molecule has 0 bridgehead atoms. The average molecular weight is 445 g/mol. The van der Waals surface area contributed by atoms with Crippen LogP contribution in [-0.2, 0) is 24.1 Å². The van der Waals surface area contributed by atoms with E-state index in [0.717, 1.165) is 19.6 Å². The summed E-state index contributed by atoms with van der Waals surface area (Å²) in [6, 6.07) is 4.50. The van der Waals surface area contributed by atoms with Crippen LogP contribution in [-0.4, -0.2) is 69.1 Å². The van der Waals surface area contributed by atoms with Crippen LogP contribution in [0.15, 0.2) is 16.5 Å². The number of hydrogen-bond donors (Lipinski definition) is 1. The van der Waals surface area contributed by atoms with Crippen molar-refractivity contribution >= 4 is 6.09 Å². The van der Waals surface area contributed by atoms with Crippen LogP contribution >= 0.6 is 0 Å². The number of nitrogens with zero attached hydrogens (tertiary/aromatic N) is 4. The maximum atomic E-state index is 12.3. The van der Waals surface area contributed by atoms with E-state index in [0.29, 0.717) is 31.2 Å². The first-order chi connectivity index (χ1) is 15.1. The molecule has 1 amide bonds. The summed E-state index contributed by atoms with van der Waals surface area (Å²) >= 11 is 0. The zero-order valence-electron chi connectivity index (χ0n) is 20.1. The highest BCUT2D eigenvalue weighted by Gasteiger charge is 2.29. The van der Waals surface area contributed by atoms with Gasteiger partial charge in [0.05, 0.1) is 25.0 Å². The highest BCUT2D eigenvalue weighted by molar-refractivity contribution is 5.68. The second kappa shape index (κ2) is 10.4. The zero-order valence-corrected chi connectivity index (χ0v) is 20.1. The number of aliphatic hydroxyl groups is 1. The molecule has 1 aliphatic rings. The van der Waals surface area contributed by atoms with E-state index in [9.17, 15) is 9.90 Å². The number of amides is 1. The Balaban J connectivity index is 1.67. The average Bonchev–Trinajstić information content (AvgIpc) is 3.11. The smallest absolute Gasteiger partial charge is 0.410 e. The first-order valence-corrected chi connectivity index (χ1v) is 11.4. The molecule has 1 aromatic carbocycles. The third-order valence-electron chi connectivity index (χ3n) is 5.76. The number of carbonyl (C=O) groups excluding carboxylic acids is 1. The van der Waals surface area contributed by atoms with Gasteiger partial charge in [-0.2, -0.15) is 0 Å². The van der Waals surface area contributed by atoms with Gasteiger partial charge in [-0.05, 0) is 58.2 Å². The summed E-state index contributed by atoms with van der Waals surface area (Å²) in [4.78, 5) is 16.5. The Morgan fingerprint density at radius 3 is 2.53 bits per heavy atom. The van der Waals surface area contributed by atoms with E-state index in [2.05, 4.69) is 48.0 Å². The van der Waals surface area contributed by atoms with Crippen molar-refractivity contribution in [2.45, 2.75) is 79.2 Å². The van der Waals surface area contributed by atoms with E-state index < -0.39 is 6.10 Å². The molecule has 1 saturated heterocycles. The molecule has 0 spiro atoms. The molecule has 1 aliphatic heterocycles. The van der Waals surface area contributed by atoms with Gasteiger partial charge in [-0.25, -0.2) is 4.79 Å². The molecule has 1 fully saturated rings. The molecule has 2 heterocycles. The lowest BCUT2D eigenvalue weighted by Crippen LogP contribution is -2.54. The van der Waals surface area contributed by atoms with Crippen molar-refractivity contribution in [2.75, 3.05) is 19.6 Å². The highest BCUT2D eigenvalue weighted by atomic mass is 16.6. The van der Waals surface area contributed by atoms with Crippen molar-refractivity contribution in [1.29, 1.82) is 0 Å². The number of rotatable bonds is 7. The van der Waals surface area contributed by atoms with Crippen LogP contribution in [0.3, 0.4) is 0 Å². The Bertz CT molecular complexity index is 925. The topological polar surface area (TPSA) is 91.9 Å². The Hall–Kier alpha value is -2.45. The van der Waals surface area contributed by atoms with Crippen molar-refractivity contribution in [1.82, 2.24) is 20.0 Å². The minimum absolute atomic E-state index is 0.102. The Kier molecular flexibility index (Phi) is 7.90. The van der Waals surface area contributed by atoms with Gasteiger partial charge in [0.2, 0.25) is 11.8 Å². The lowest BCUT2D eigenvalue weighted by Gasteiger charge is -2.39. The first-order valence-electron chi connectivity index (χ1n) is 11.4. The SMILES string of the molecule is Cc1cc(Cc2nnc(C[C@@H](C)O)o2)c(C)c(CN2CCN(C(=O)OC(C)C)[C@@H](C)C2)c1. The summed E-state index contributed by atoms with van der Waals surface area (Å²) in [5.74, 6) is 1.02. The number of ether oxygens (including phenoxy) is 1. The number of aromatic nitrogens is 2. The van der Waals surface area contributed by atoms with Gasteiger partial charge < -0.3 is 19.2 Å². The van der Waals surface area contributed by atoms with Crippen LogP contribution in [0.1, 0.15) is 61.7 Å². The van der Waals surface area contributed by atoms with Crippen LogP contribution < -0.4 is 0 Å². The highest BCUT2D eigenvalue weighted by Crippen LogP contribution is 2.23. The molecule has 1 aromatic heterocycles. The van der Waals surface area contributed by atoms with Gasteiger partial charge in [0.1, 0.15) is 0 Å². The predicted octanol–water partition coefficient (Wildman–Crippen LogP) is 3.25. The van der Waals surface area contributed by atoms with E-state index >= 15 is 0 Å². The quantitative estimate of drug-likeness (QED) is 0.701. The van der Waals surface area contributed by atoms with Crippen LogP contribution in [0.4, 0.5) is 4.79 Å². The van der Waals surface area contributed by atoms with Crippen LogP contribution in [0.2, 0.25) is 0 Å². The molecule has 8 nitrogen and oxygen atoms in total. The van der Waals surface area contributed by atoms with Crippen LogP contribution in [0, 0.1) is 13.8 Å². The largest absolute Gasteiger partial charge is 0.447 e. The molecule has 0 unspecified atom stereocenters. The molecule has 2 aromatic rings. The molecule has 176 valence electrons. The Morgan fingerprint density at radius 1 is 1.19 bits per heavy atom. The first kappa shape index (κ1) is 24.2. The third-order valence-corrected chi connectivity index (χ3v) is 5.76. The predicted molar refractivity (Wildman–Crippen MR) is 121 cm³/mol. The van der Waals surface area contributed by atoms with Crippen molar-refractivity contribution < 1.29 is 19.1 Å². The van der Waals surface area contributed by atoms with E-state index in [4.69, 9.17) is 9.15 Å². The molecular formula is C24H36N4O4. The number of hydrogen-bond acceptors (Lipinski definition) is 7. The maximum absolute atomic E-state index is 12.3. The van der Waals surface area contributed by atoms with Gasteiger partial charge in [-0.3, -0.25) is 4.90 Å². The molecule has 1 N–H and O–H groups in total. The standard InChI is InChI=1S/C24H36N4O4/c1-15(2)31-24(30)28-8-7-27(13-17(28)4)14-21-10-16(3)9-20(19(21)6)12-23-26-25-22(32-23)11-18(5)29/h9-10,15,17-18,29H,7-8,11-14H2,1-6H3/t17-,18+/m0/s1. The Labute approximate surface area is 190 Å². The maximum Gasteiger partial charge on any atom is 0.410 e. The fourth-order valence-electron chi connectivity index (χ4n) is 4.18. The van der Waals surface area contributed by atoms with Gasteiger partial charge in [-0.1, -0.05) is 17.7 Å². The molecule has 32 heavy (non-hydrogen) atoms. The summed E-state index contributed by atoms with van der Waals surface area (Å²) in [6.07, 6.45) is 0.0859. The summed E-state index contributed by atoms with van der Waals surface area (Å²) < 4.78 is 11.1. The Morgan fingerprint density at radius 2 is 1.88 bits per heavy atom. The lowest BCUT2D eigenvalue weighted by atomic mass is 9.96. The molecule has 8 heteroatoms. The zero-order chi connectivity index (χ0) is 23.4. The number of benzene rings is 1. The van der Waals surface area contributed by atoms with Crippen molar-refractivity contribution in [3.8, 4) is 0 Å². The fraction of sp³-hybridized carbons (Fsp3) is 0.625. The van der Waals surface area contributed by atoms with E-state index in [1.54, 1.807) is 6.92 Å². The van der Waals surface area contributed by atoms with Gasteiger partial charge in [-0.15, -0.1) is 10.2 Å². The van der Waals surface area contributed by atoms with Gasteiger partial charge in [0, 0.05) is 32.2 Å². The van der Waals surface area contributed by atoms with E-state index in [-0.39, 0.29) is 18.2 Å². The van der Waals surface area contributed by atoms with E-state index in [1.165, 1.54) is 22.3 Å². The minimum Gasteiger partial charge on any atom is -0.447 e. The van der Waals surface area contributed by atoms with Gasteiger partial charge in [0.15, 0.2) is 0 Å². The fourth-order valence-corrected chi connectivity index (χ4v) is 4.18. The van der Waals surface area contributed by atoms with Crippen molar-refractivity contribution in [3.63, 3.8) is 0 Å². The summed E-state index contributed by atoms with van der Waals surface area (Å²) in [5.41, 5.74) is 4.85. The second-order valence-electron chi connectivity index (χ2n) is 9.24. The minimum atomic E-state index is -0.509. The van der Waals surface area contributed by atoms with Gasteiger partial charge in [0.25, 0.3) is 0 Å². The lowest BCUT2D eigenvalue weighted by molar-refractivity contribution is 0.0349. The third kappa shape index (κ3) is 6.29.